The van der Waals surface area contributed by atoms with Crippen molar-refractivity contribution in [2.75, 3.05) is 19.8 Å². The Morgan fingerprint density at radius 3 is 2.91 bits per heavy atom. The smallest absolute Gasteiger partial charge is 0.249 e. The standard InChI is InChI=1S/C18H23N3O2/c1-20-13-16(12-19-20)17-8-5-10-21(17)18(22)14-23-11-9-15-6-3-2-4-7-15/h2-4,6-7,12-13,17H,5,8-11,14H2,1H3/t17-/m0/s1. The number of rotatable bonds is 6. The lowest BCUT2D eigenvalue weighted by Crippen LogP contribution is -2.33. The topological polar surface area (TPSA) is 47.4 Å². The molecule has 0 bridgehead atoms. The Kier molecular flexibility index (Phi) is 5.08. The Morgan fingerprint density at radius 2 is 2.17 bits per heavy atom. The Hall–Kier alpha value is -2.14. The van der Waals surface area contributed by atoms with Gasteiger partial charge >= 0.3 is 0 Å². The zero-order chi connectivity index (χ0) is 16.1. The van der Waals surface area contributed by atoms with Gasteiger partial charge in [-0.2, -0.15) is 5.10 Å². The van der Waals surface area contributed by atoms with Crippen LogP contribution in [0.3, 0.4) is 0 Å². The van der Waals surface area contributed by atoms with E-state index >= 15 is 0 Å². The number of likely N-dealkylation sites (tertiary alicyclic amines) is 1. The molecular formula is C18H23N3O2. The Morgan fingerprint density at radius 1 is 1.35 bits per heavy atom. The van der Waals surface area contributed by atoms with E-state index in [1.807, 2.05) is 42.5 Å². The lowest BCUT2D eigenvalue weighted by Gasteiger charge is -2.23. The van der Waals surface area contributed by atoms with Crippen molar-refractivity contribution >= 4 is 5.91 Å². The van der Waals surface area contributed by atoms with Crippen molar-refractivity contribution in [1.82, 2.24) is 14.7 Å². The Labute approximate surface area is 136 Å². The van der Waals surface area contributed by atoms with Crippen LogP contribution >= 0.6 is 0 Å². The summed E-state index contributed by atoms with van der Waals surface area (Å²) in [7, 11) is 1.90. The van der Waals surface area contributed by atoms with Crippen LogP contribution in [0.15, 0.2) is 42.7 Å². The lowest BCUT2D eigenvalue weighted by molar-refractivity contribution is -0.137. The second-order valence-electron chi connectivity index (χ2n) is 5.98. The first kappa shape index (κ1) is 15.7. The fourth-order valence-electron chi connectivity index (χ4n) is 3.10. The summed E-state index contributed by atoms with van der Waals surface area (Å²) in [5.41, 5.74) is 2.34. The molecule has 2 aromatic rings. The molecule has 23 heavy (non-hydrogen) atoms. The van der Waals surface area contributed by atoms with Gasteiger partial charge in [0.15, 0.2) is 0 Å². The van der Waals surface area contributed by atoms with E-state index in [0.717, 1.165) is 31.4 Å². The zero-order valence-electron chi connectivity index (χ0n) is 13.5. The van der Waals surface area contributed by atoms with Crippen LogP contribution in [0.2, 0.25) is 0 Å². The number of carbonyl (C=O) groups excluding carboxylic acids is 1. The molecule has 1 atom stereocenters. The maximum Gasteiger partial charge on any atom is 0.249 e. The molecule has 1 aromatic carbocycles. The molecule has 1 saturated heterocycles. The summed E-state index contributed by atoms with van der Waals surface area (Å²) in [4.78, 5) is 14.4. The van der Waals surface area contributed by atoms with E-state index in [1.165, 1.54) is 5.56 Å². The molecule has 3 rings (SSSR count). The zero-order valence-corrected chi connectivity index (χ0v) is 13.5. The average Bonchev–Trinajstić information content (AvgIpc) is 3.21. The minimum atomic E-state index is 0.0735. The number of aromatic nitrogens is 2. The number of nitrogens with zero attached hydrogens (tertiary/aromatic N) is 3. The summed E-state index contributed by atoms with van der Waals surface area (Å²) in [5.74, 6) is 0.0735. The molecule has 122 valence electrons. The van der Waals surface area contributed by atoms with E-state index in [1.54, 1.807) is 4.68 Å². The quantitative estimate of drug-likeness (QED) is 0.769. The molecule has 1 aromatic heterocycles. The first-order chi connectivity index (χ1) is 11.2. The van der Waals surface area contributed by atoms with Crippen LogP contribution in [0, 0.1) is 0 Å². The van der Waals surface area contributed by atoms with E-state index in [-0.39, 0.29) is 18.6 Å². The fraction of sp³-hybridized carbons (Fsp3) is 0.444. The largest absolute Gasteiger partial charge is 0.371 e. The highest BCUT2D eigenvalue weighted by molar-refractivity contribution is 5.78. The van der Waals surface area contributed by atoms with E-state index in [2.05, 4.69) is 17.2 Å². The molecule has 5 nitrogen and oxygen atoms in total. The van der Waals surface area contributed by atoms with Crippen LogP contribution in [0.25, 0.3) is 0 Å². The van der Waals surface area contributed by atoms with Gasteiger partial charge in [0, 0.05) is 25.4 Å². The van der Waals surface area contributed by atoms with Crippen LogP contribution in [0.1, 0.15) is 30.0 Å². The van der Waals surface area contributed by atoms with E-state index in [0.29, 0.717) is 6.61 Å². The number of carbonyl (C=O) groups is 1. The maximum absolute atomic E-state index is 12.4. The minimum absolute atomic E-state index is 0.0735. The Bertz CT molecular complexity index is 639. The van der Waals surface area contributed by atoms with Gasteiger partial charge in [0.2, 0.25) is 5.91 Å². The highest BCUT2D eigenvalue weighted by Gasteiger charge is 2.30. The molecule has 0 unspecified atom stereocenters. The van der Waals surface area contributed by atoms with E-state index < -0.39 is 0 Å². The van der Waals surface area contributed by atoms with Crippen molar-refractivity contribution in [2.45, 2.75) is 25.3 Å². The van der Waals surface area contributed by atoms with Gasteiger partial charge in [-0.1, -0.05) is 30.3 Å². The predicted octanol–water partition coefficient (Wildman–Crippen LogP) is 2.34. The molecule has 0 saturated carbocycles. The van der Waals surface area contributed by atoms with Crippen LogP contribution in [-0.2, 0) is 23.0 Å². The number of aryl methyl sites for hydroxylation is 1. The van der Waals surface area contributed by atoms with Crippen LogP contribution < -0.4 is 0 Å². The molecule has 0 aliphatic carbocycles. The van der Waals surface area contributed by atoms with Crippen molar-refractivity contribution < 1.29 is 9.53 Å². The summed E-state index contributed by atoms with van der Waals surface area (Å²) < 4.78 is 7.37. The van der Waals surface area contributed by atoms with Gasteiger partial charge in [-0.05, 0) is 24.8 Å². The number of hydrogen-bond acceptors (Lipinski definition) is 3. The number of hydrogen-bond donors (Lipinski definition) is 0. The van der Waals surface area contributed by atoms with Gasteiger partial charge < -0.3 is 9.64 Å². The van der Waals surface area contributed by atoms with Gasteiger partial charge in [0.05, 0.1) is 18.8 Å². The van der Waals surface area contributed by atoms with Gasteiger partial charge in [-0.15, -0.1) is 0 Å². The van der Waals surface area contributed by atoms with Crippen molar-refractivity contribution in [3.8, 4) is 0 Å². The second-order valence-corrected chi connectivity index (χ2v) is 5.98. The third-order valence-corrected chi connectivity index (χ3v) is 4.29. The average molecular weight is 313 g/mol. The summed E-state index contributed by atoms with van der Waals surface area (Å²) in [6.07, 6.45) is 6.72. The van der Waals surface area contributed by atoms with Gasteiger partial charge in [0.25, 0.3) is 0 Å². The normalized spacial score (nSPS) is 17.6. The summed E-state index contributed by atoms with van der Waals surface area (Å²) in [6.45, 7) is 1.53. The second kappa shape index (κ2) is 7.42. The highest BCUT2D eigenvalue weighted by atomic mass is 16.5. The Balaban J connectivity index is 1.47. The van der Waals surface area contributed by atoms with Crippen molar-refractivity contribution in [1.29, 1.82) is 0 Å². The molecule has 0 radical (unpaired) electrons. The van der Waals surface area contributed by atoms with E-state index in [9.17, 15) is 4.79 Å². The third-order valence-electron chi connectivity index (χ3n) is 4.29. The molecule has 1 aliphatic rings. The molecule has 0 spiro atoms. The van der Waals surface area contributed by atoms with Crippen molar-refractivity contribution in [3.63, 3.8) is 0 Å². The van der Waals surface area contributed by atoms with Crippen LogP contribution in [0.4, 0.5) is 0 Å². The first-order valence-corrected chi connectivity index (χ1v) is 8.14. The fourth-order valence-corrected chi connectivity index (χ4v) is 3.10. The lowest BCUT2D eigenvalue weighted by atomic mass is 10.1. The van der Waals surface area contributed by atoms with Crippen LogP contribution in [0.5, 0.6) is 0 Å². The monoisotopic (exact) mass is 313 g/mol. The number of benzene rings is 1. The van der Waals surface area contributed by atoms with Gasteiger partial charge in [-0.25, -0.2) is 0 Å². The molecule has 1 aliphatic heterocycles. The molecule has 5 heteroatoms. The van der Waals surface area contributed by atoms with E-state index in [4.69, 9.17) is 4.74 Å². The number of amides is 1. The number of ether oxygens (including phenoxy) is 1. The molecule has 1 fully saturated rings. The maximum atomic E-state index is 12.4. The SMILES string of the molecule is Cn1cc([C@@H]2CCCN2C(=O)COCCc2ccccc2)cn1. The summed E-state index contributed by atoms with van der Waals surface area (Å²) in [5, 5.41) is 4.21. The molecule has 1 amide bonds. The molecule has 0 N–H and O–H groups in total. The van der Waals surface area contributed by atoms with Crippen LogP contribution in [-0.4, -0.2) is 40.3 Å². The molecular weight excluding hydrogens is 290 g/mol. The minimum Gasteiger partial charge on any atom is -0.371 e. The van der Waals surface area contributed by atoms with Gasteiger partial charge in [0.1, 0.15) is 6.61 Å². The summed E-state index contributed by atoms with van der Waals surface area (Å²) in [6, 6.07) is 10.3. The van der Waals surface area contributed by atoms with Crippen molar-refractivity contribution in [3.05, 3.63) is 53.9 Å². The third kappa shape index (κ3) is 3.99. The first-order valence-electron chi connectivity index (χ1n) is 8.14. The predicted molar refractivity (Wildman–Crippen MR) is 87.9 cm³/mol. The molecule has 2 heterocycles. The van der Waals surface area contributed by atoms with Crippen molar-refractivity contribution in [2.24, 2.45) is 7.05 Å². The summed E-state index contributed by atoms with van der Waals surface area (Å²) >= 11 is 0. The highest BCUT2D eigenvalue weighted by Crippen LogP contribution is 2.31. The van der Waals surface area contributed by atoms with Gasteiger partial charge in [-0.3, -0.25) is 9.48 Å².